The Balaban J connectivity index is 1.36. The first-order valence-electron chi connectivity index (χ1n) is 14.1. The van der Waals surface area contributed by atoms with Crippen LogP contribution in [0.15, 0.2) is 29.4 Å². The highest BCUT2D eigenvalue weighted by Gasteiger charge is 2.47. The smallest absolute Gasteiger partial charge is 0.291 e. The molecule has 2 aliphatic heterocycles. The van der Waals surface area contributed by atoms with Gasteiger partial charge in [-0.3, -0.25) is 9.47 Å². The molecule has 3 fully saturated rings. The van der Waals surface area contributed by atoms with Crippen LogP contribution in [0, 0.1) is 11.3 Å². The minimum atomic E-state index is -4.04. The highest BCUT2D eigenvalue weighted by atomic mass is 32.2. The van der Waals surface area contributed by atoms with Crippen molar-refractivity contribution in [3.8, 4) is 11.2 Å². The number of piperidine rings is 1. The number of benzene rings is 1. The monoisotopic (exact) mass is 613 g/mol. The van der Waals surface area contributed by atoms with Gasteiger partial charge in [0.05, 0.1) is 21.9 Å². The number of nitrogens with one attached hydrogen (secondary N) is 1. The van der Waals surface area contributed by atoms with Crippen LogP contribution in [0.4, 0.5) is 14.6 Å². The molecule has 0 amide bonds. The molecule has 0 bridgehead atoms. The van der Waals surface area contributed by atoms with Gasteiger partial charge in [0.1, 0.15) is 17.7 Å². The molecule has 220 valence electrons. The summed E-state index contributed by atoms with van der Waals surface area (Å²) in [5.41, 5.74) is -0.0262. The fraction of sp³-hybridized carbons (Fsp3) is 0.519. The van der Waals surface area contributed by atoms with E-state index in [-0.39, 0.29) is 15.6 Å². The maximum absolute atomic E-state index is 13.5. The molecule has 11 nitrogen and oxygen atoms in total. The summed E-state index contributed by atoms with van der Waals surface area (Å²) in [6, 6.07) is 6.71. The van der Waals surface area contributed by atoms with Gasteiger partial charge in [-0.2, -0.15) is 9.98 Å². The highest BCUT2D eigenvalue weighted by molar-refractivity contribution is 7.89. The minimum absolute atomic E-state index is 0.0468. The van der Waals surface area contributed by atoms with E-state index in [9.17, 15) is 22.5 Å². The molecule has 1 spiro atoms. The molecule has 1 aromatic carbocycles. The van der Waals surface area contributed by atoms with Crippen LogP contribution in [-0.2, 0) is 10.0 Å². The van der Waals surface area contributed by atoms with E-state index in [4.69, 9.17) is 0 Å². The zero-order chi connectivity index (χ0) is 29.3. The van der Waals surface area contributed by atoms with Crippen molar-refractivity contribution in [1.82, 2.24) is 34.4 Å². The van der Waals surface area contributed by atoms with Gasteiger partial charge in [0, 0.05) is 24.0 Å². The molecule has 0 atom stereocenters. The summed E-state index contributed by atoms with van der Waals surface area (Å²) in [5, 5.41) is 18.2. The fourth-order valence-corrected chi connectivity index (χ4v) is 8.78. The average molecular weight is 614 g/mol. The van der Waals surface area contributed by atoms with Gasteiger partial charge >= 0.3 is 0 Å². The van der Waals surface area contributed by atoms with Crippen molar-refractivity contribution in [2.75, 3.05) is 31.1 Å². The number of aromatic nitrogens is 5. The fourth-order valence-electron chi connectivity index (χ4n) is 6.67. The minimum Gasteiger partial charge on any atom is -0.356 e. The summed E-state index contributed by atoms with van der Waals surface area (Å²) in [6.45, 7) is 5.97. The van der Waals surface area contributed by atoms with Gasteiger partial charge in [-0.05, 0) is 63.7 Å². The first kappa shape index (κ1) is 27.5. The first-order chi connectivity index (χ1) is 20.2. The van der Waals surface area contributed by atoms with Gasteiger partial charge in [0.2, 0.25) is 15.2 Å². The maximum atomic E-state index is 13.5. The summed E-state index contributed by atoms with van der Waals surface area (Å²) in [5.74, 6) is 0.716. The van der Waals surface area contributed by atoms with E-state index in [1.54, 1.807) is 10.6 Å². The third kappa shape index (κ3) is 4.34. The van der Waals surface area contributed by atoms with Gasteiger partial charge < -0.3 is 4.90 Å². The number of sulfonamides is 1. The van der Waals surface area contributed by atoms with Gasteiger partial charge in [-0.1, -0.05) is 24.3 Å². The number of hydrogen-bond donors (Lipinski definition) is 1. The maximum Gasteiger partial charge on any atom is 0.291 e. The lowest BCUT2D eigenvalue weighted by Gasteiger charge is -2.45. The first-order valence-corrected chi connectivity index (χ1v) is 16.4. The largest absolute Gasteiger partial charge is 0.356 e. The Bertz CT molecular complexity index is 1840. The number of nitriles is 1. The lowest BCUT2D eigenvalue weighted by Crippen LogP contribution is -2.52. The molecule has 1 N–H and O–H groups in total. The van der Waals surface area contributed by atoms with Crippen LogP contribution >= 0.6 is 11.3 Å². The molecule has 0 radical (unpaired) electrons. The van der Waals surface area contributed by atoms with Crippen molar-refractivity contribution in [1.29, 1.82) is 5.26 Å². The second-order valence-electron chi connectivity index (χ2n) is 11.3. The van der Waals surface area contributed by atoms with Gasteiger partial charge in [-0.25, -0.2) is 27.2 Å². The van der Waals surface area contributed by atoms with Crippen LogP contribution in [-0.4, -0.2) is 75.3 Å². The summed E-state index contributed by atoms with van der Waals surface area (Å²) in [4.78, 5) is 14.0. The topological polar surface area (TPSA) is 133 Å². The molecule has 3 aromatic heterocycles. The number of hydrogen-bond acceptors (Lipinski definition) is 10. The molecule has 3 aliphatic rings. The Morgan fingerprint density at radius 2 is 1.90 bits per heavy atom. The molecule has 7 rings (SSSR count). The summed E-state index contributed by atoms with van der Waals surface area (Å²) in [7, 11) is -4.04. The SMILES string of the molecule is CCN1CCCC12CCN(c1ncnc3c1c1ccc(S(=O)(=O)NC4(C#N)CC4)cc1n3-c1nnc(C(F)F)s1)CC2. The third-order valence-electron chi connectivity index (χ3n) is 9.03. The van der Waals surface area contributed by atoms with Crippen LogP contribution in [0.5, 0.6) is 0 Å². The lowest BCUT2D eigenvalue weighted by molar-refractivity contribution is 0.113. The number of anilines is 1. The number of rotatable bonds is 7. The molecule has 2 saturated heterocycles. The predicted octanol–water partition coefficient (Wildman–Crippen LogP) is 4.15. The molecule has 5 heterocycles. The zero-order valence-electron chi connectivity index (χ0n) is 22.9. The number of alkyl halides is 2. The zero-order valence-corrected chi connectivity index (χ0v) is 24.6. The highest BCUT2D eigenvalue weighted by Crippen LogP contribution is 2.43. The number of halogens is 2. The number of fused-ring (bicyclic) bond motifs is 3. The van der Waals surface area contributed by atoms with Crippen LogP contribution < -0.4 is 9.62 Å². The molecule has 0 unspecified atom stereocenters. The lowest BCUT2D eigenvalue weighted by atomic mass is 9.85. The normalized spacial score (nSPS) is 20.2. The van der Waals surface area contributed by atoms with E-state index >= 15 is 0 Å². The molecule has 42 heavy (non-hydrogen) atoms. The van der Waals surface area contributed by atoms with Gasteiger partial charge in [0.25, 0.3) is 6.43 Å². The van der Waals surface area contributed by atoms with E-state index in [1.807, 2.05) is 6.07 Å². The van der Waals surface area contributed by atoms with Crippen molar-refractivity contribution >= 4 is 49.1 Å². The van der Waals surface area contributed by atoms with Gasteiger partial charge in [-0.15, -0.1) is 10.2 Å². The second-order valence-corrected chi connectivity index (χ2v) is 14.0. The summed E-state index contributed by atoms with van der Waals surface area (Å²) in [6.07, 6.45) is 3.95. The van der Waals surface area contributed by atoms with Crippen molar-refractivity contribution in [2.45, 2.75) is 67.8 Å². The van der Waals surface area contributed by atoms with E-state index in [1.165, 1.54) is 31.3 Å². The Hall–Kier alpha value is -3.32. The molecule has 4 aromatic rings. The van der Waals surface area contributed by atoms with Crippen molar-refractivity contribution < 1.29 is 17.2 Å². The van der Waals surface area contributed by atoms with E-state index < -0.39 is 27.0 Å². The van der Waals surface area contributed by atoms with Crippen LogP contribution in [0.2, 0.25) is 0 Å². The molecule has 15 heteroatoms. The third-order valence-corrected chi connectivity index (χ3v) is 11.5. The van der Waals surface area contributed by atoms with Crippen LogP contribution in [0.3, 0.4) is 0 Å². The average Bonchev–Trinajstić information content (AvgIpc) is 3.30. The summed E-state index contributed by atoms with van der Waals surface area (Å²) < 4.78 is 57.7. The van der Waals surface area contributed by atoms with Crippen molar-refractivity contribution in [3.05, 3.63) is 29.5 Å². The van der Waals surface area contributed by atoms with Crippen LogP contribution in [0.25, 0.3) is 27.1 Å². The Kier molecular flexibility index (Phi) is 6.46. The Morgan fingerprint density at radius 1 is 1.12 bits per heavy atom. The Morgan fingerprint density at radius 3 is 2.57 bits per heavy atom. The molecule has 1 saturated carbocycles. The number of nitrogens with zero attached hydrogens (tertiary/aromatic N) is 8. The molecule has 1 aliphatic carbocycles. The second kappa shape index (κ2) is 9.87. The van der Waals surface area contributed by atoms with E-state index in [0.29, 0.717) is 40.6 Å². The van der Waals surface area contributed by atoms with Gasteiger partial charge in [0.15, 0.2) is 10.7 Å². The standard InChI is InChI=1S/C27H29F2N9O2S2/c1-2-37-11-3-6-27(37)9-12-36(13-10-27)22-20-18-5-4-17(42(39,40)35-26(15-30)7-8-26)14-19(18)38(23(20)32-16-31-22)25-34-33-24(41-25)21(28)29/h4-5,14,16,21,35H,2-3,6-13H2,1H3. The predicted molar refractivity (Wildman–Crippen MR) is 153 cm³/mol. The molecular formula is C27H29F2N9O2S2. The van der Waals surface area contributed by atoms with Crippen molar-refractivity contribution in [3.63, 3.8) is 0 Å². The van der Waals surface area contributed by atoms with E-state index in [2.05, 4.69) is 41.6 Å². The molecular weight excluding hydrogens is 584 g/mol. The van der Waals surface area contributed by atoms with E-state index in [0.717, 1.165) is 50.4 Å². The van der Waals surface area contributed by atoms with Crippen molar-refractivity contribution in [2.24, 2.45) is 0 Å². The van der Waals surface area contributed by atoms with Crippen LogP contribution in [0.1, 0.15) is 56.9 Å². The number of likely N-dealkylation sites (tertiary alicyclic amines) is 1. The quantitative estimate of drug-likeness (QED) is 0.326. The summed E-state index contributed by atoms with van der Waals surface area (Å²) >= 11 is 0.725. The Labute approximate surface area is 245 Å².